The molecule has 0 spiro atoms. The molecule has 0 atom stereocenters. The van der Waals surface area contributed by atoms with E-state index in [1.54, 1.807) is 0 Å². The van der Waals surface area contributed by atoms with Crippen molar-refractivity contribution in [2.45, 2.75) is 52.4 Å². The summed E-state index contributed by atoms with van der Waals surface area (Å²) in [6.07, 6.45) is 5.79. The number of ether oxygens (including phenoxy) is 1. The zero-order chi connectivity index (χ0) is 38.6. The first-order valence-electron chi connectivity index (χ1n) is 19.2. The monoisotopic (exact) mass is 799 g/mol. The van der Waals surface area contributed by atoms with Crippen LogP contribution in [0.25, 0.3) is 11.1 Å². The molecule has 0 unspecified atom stereocenters. The summed E-state index contributed by atoms with van der Waals surface area (Å²) in [7, 11) is 0. The SMILES string of the molecule is CC(C)(C)c1cccc(N2CN(c3cccc(Oc4ccc5c(c4)N(c4cc(C(C)(C)C)ccn4)c4ccncc4[Se]5)c3)c3ccc(-c4ccccc4)cc32)c1. The molecular weight excluding hydrogens is 754 g/mol. The first kappa shape index (κ1) is 35.8. The van der Waals surface area contributed by atoms with E-state index in [0.717, 1.165) is 40.1 Å². The predicted octanol–water partition coefficient (Wildman–Crippen LogP) is 11.2. The minimum absolute atomic E-state index is 0.00910. The Labute approximate surface area is 336 Å². The molecule has 0 saturated heterocycles. The van der Waals surface area contributed by atoms with Crippen LogP contribution in [-0.2, 0) is 10.8 Å². The summed E-state index contributed by atoms with van der Waals surface area (Å²) in [6, 6.07) is 47.8. The summed E-state index contributed by atoms with van der Waals surface area (Å²) in [5.41, 5.74) is 11.8. The second-order valence-electron chi connectivity index (χ2n) is 16.5. The van der Waals surface area contributed by atoms with Crippen LogP contribution in [0.2, 0.25) is 0 Å². The summed E-state index contributed by atoms with van der Waals surface area (Å²) in [6.45, 7) is 14.2. The number of rotatable bonds is 6. The fourth-order valence-corrected chi connectivity index (χ4v) is 9.57. The van der Waals surface area contributed by atoms with Gasteiger partial charge in [-0.2, -0.15) is 0 Å². The molecule has 0 saturated carbocycles. The van der Waals surface area contributed by atoms with Gasteiger partial charge in [0.15, 0.2) is 0 Å². The van der Waals surface area contributed by atoms with Gasteiger partial charge in [0.05, 0.1) is 0 Å². The average Bonchev–Trinajstić information content (AvgIpc) is 3.59. The van der Waals surface area contributed by atoms with Gasteiger partial charge in [0.1, 0.15) is 0 Å². The van der Waals surface area contributed by atoms with Crippen molar-refractivity contribution in [1.82, 2.24) is 9.97 Å². The first-order chi connectivity index (χ1) is 27.0. The quantitative estimate of drug-likeness (QED) is 0.156. The van der Waals surface area contributed by atoms with Crippen molar-refractivity contribution in [2.75, 3.05) is 21.4 Å². The van der Waals surface area contributed by atoms with E-state index in [1.807, 2.05) is 24.7 Å². The Morgan fingerprint density at radius 3 is 2.07 bits per heavy atom. The Kier molecular flexibility index (Phi) is 8.95. The van der Waals surface area contributed by atoms with Crippen molar-refractivity contribution in [3.63, 3.8) is 0 Å². The van der Waals surface area contributed by atoms with Crippen molar-refractivity contribution >= 4 is 63.8 Å². The minimum Gasteiger partial charge on any atom is -0.0346 e. The molecule has 56 heavy (non-hydrogen) atoms. The van der Waals surface area contributed by atoms with Gasteiger partial charge in [-0.15, -0.1) is 0 Å². The van der Waals surface area contributed by atoms with Crippen LogP contribution in [0.3, 0.4) is 0 Å². The van der Waals surface area contributed by atoms with E-state index < -0.39 is 0 Å². The normalized spacial score (nSPS) is 13.6. The molecule has 0 amide bonds. The van der Waals surface area contributed by atoms with Crippen LogP contribution in [0.15, 0.2) is 152 Å². The maximum Gasteiger partial charge on any atom is -0.0346 e. The number of fused-ring (bicyclic) bond motifs is 3. The van der Waals surface area contributed by atoms with Crippen LogP contribution in [0, 0.1) is 0 Å². The van der Waals surface area contributed by atoms with E-state index in [1.165, 1.54) is 42.6 Å². The zero-order valence-electron chi connectivity index (χ0n) is 32.7. The minimum atomic E-state index is -0.00910. The third kappa shape index (κ3) is 6.82. The van der Waals surface area contributed by atoms with Crippen molar-refractivity contribution < 1.29 is 4.74 Å². The van der Waals surface area contributed by atoms with Crippen molar-refractivity contribution in [3.8, 4) is 22.6 Å². The van der Waals surface area contributed by atoms with Gasteiger partial charge in [0.2, 0.25) is 0 Å². The Bertz CT molecular complexity index is 2570. The van der Waals surface area contributed by atoms with Crippen molar-refractivity contribution in [2.24, 2.45) is 0 Å². The number of pyridine rings is 2. The van der Waals surface area contributed by atoms with Gasteiger partial charge >= 0.3 is 241 Å². The molecule has 0 radical (unpaired) electrons. The van der Waals surface area contributed by atoms with Crippen molar-refractivity contribution in [3.05, 3.63) is 163 Å². The molecule has 2 aliphatic heterocycles. The van der Waals surface area contributed by atoms with Gasteiger partial charge in [-0.25, -0.2) is 0 Å². The van der Waals surface area contributed by atoms with E-state index in [9.17, 15) is 0 Å². The van der Waals surface area contributed by atoms with Crippen LogP contribution in [-0.4, -0.2) is 31.6 Å². The third-order valence-corrected chi connectivity index (χ3v) is 12.9. The number of hydrogen-bond acceptors (Lipinski definition) is 6. The summed E-state index contributed by atoms with van der Waals surface area (Å²) in [5, 5.41) is 0. The zero-order valence-corrected chi connectivity index (χ0v) is 34.4. The van der Waals surface area contributed by atoms with Gasteiger partial charge in [0, 0.05) is 0 Å². The molecule has 2 aliphatic rings. The summed E-state index contributed by atoms with van der Waals surface area (Å²) < 4.78 is 9.23. The number of hydrogen-bond donors (Lipinski definition) is 0. The topological polar surface area (TPSA) is 44.7 Å². The number of benzene rings is 5. The smallest absolute Gasteiger partial charge is 0.0346 e. The summed E-state index contributed by atoms with van der Waals surface area (Å²) in [4.78, 5) is 16.5. The van der Waals surface area contributed by atoms with Crippen LogP contribution >= 0.6 is 0 Å². The van der Waals surface area contributed by atoms with Crippen LogP contribution in [0.4, 0.5) is 39.9 Å². The Morgan fingerprint density at radius 1 is 0.536 bits per heavy atom. The molecule has 0 fully saturated rings. The van der Waals surface area contributed by atoms with Gasteiger partial charge in [-0.1, -0.05) is 63.2 Å². The first-order valence-corrected chi connectivity index (χ1v) is 20.9. The van der Waals surface area contributed by atoms with Gasteiger partial charge in [0.25, 0.3) is 0 Å². The maximum atomic E-state index is 6.73. The molecule has 6 nitrogen and oxygen atoms in total. The van der Waals surface area contributed by atoms with Crippen LogP contribution in [0.1, 0.15) is 52.7 Å². The number of aromatic nitrogens is 2. The van der Waals surface area contributed by atoms with Gasteiger partial charge in [-0.3, -0.25) is 0 Å². The van der Waals surface area contributed by atoms with Gasteiger partial charge < -0.3 is 0 Å². The summed E-state index contributed by atoms with van der Waals surface area (Å²) in [5.74, 6) is 2.45. The van der Waals surface area contributed by atoms with Gasteiger partial charge in [-0.05, 0) is 34.2 Å². The molecule has 9 rings (SSSR count). The maximum absolute atomic E-state index is 6.73. The molecule has 5 aromatic carbocycles. The standard InChI is InChI=1S/C49H45N5OSe/c1-48(2,3)35-14-10-15-37(27-35)53-32-52(41-20-18-34(26-43(41)53)33-12-8-7-9-13-33)38-16-11-17-39(29-38)55-40-19-21-45-44(30-40)54(42-23-24-50-31-46(42)56-45)47-28-36(22-25-51-47)49(4,5)6/h7-31H,32H2,1-6H3. The molecular formula is C49H45N5OSe. The molecule has 0 N–H and O–H groups in total. The second-order valence-corrected chi connectivity index (χ2v) is 18.8. The van der Waals surface area contributed by atoms with Crippen molar-refractivity contribution in [1.29, 1.82) is 0 Å². The molecule has 7 aromatic rings. The fraction of sp³-hybridized carbons (Fsp3) is 0.184. The molecule has 7 heteroatoms. The Morgan fingerprint density at radius 2 is 1.27 bits per heavy atom. The number of anilines is 7. The van der Waals surface area contributed by atoms with E-state index in [4.69, 9.17) is 9.72 Å². The van der Waals surface area contributed by atoms with E-state index in [-0.39, 0.29) is 25.8 Å². The fourth-order valence-electron chi connectivity index (χ4n) is 7.46. The average molecular weight is 799 g/mol. The van der Waals surface area contributed by atoms with E-state index in [0.29, 0.717) is 6.67 Å². The number of nitrogens with zero attached hydrogens (tertiary/aromatic N) is 5. The third-order valence-electron chi connectivity index (χ3n) is 10.6. The Hall–Kier alpha value is -5.88. The molecule has 0 aliphatic carbocycles. The molecule has 278 valence electrons. The predicted molar refractivity (Wildman–Crippen MR) is 233 cm³/mol. The molecule has 2 aromatic heterocycles. The van der Waals surface area contributed by atoms with Crippen LogP contribution < -0.4 is 28.4 Å². The largest absolute Gasteiger partial charge is 0.0346 e. The second kappa shape index (κ2) is 14.0. The van der Waals surface area contributed by atoms with E-state index in [2.05, 4.69) is 189 Å². The van der Waals surface area contributed by atoms with Crippen LogP contribution in [0.5, 0.6) is 11.5 Å². The molecule has 0 bridgehead atoms. The Balaban J connectivity index is 1.07. The summed E-state index contributed by atoms with van der Waals surface area (Å²) >= 11 is 0.0945. The molecule has 4 heterocycles. The van der Waals surface area contributed by atoms with E-state index >= 15 is 0 Å².